The van der Waals surface area contributed by atoms with Crippen molar-refractivity contribution in [1.29, 1.82) is 0 Å². The topological polar surface area (TPSA) is 73.2 Å². The molecule has 0 saturated carbocycles. The van der Waals surface area contributed by atoms with E-state index >= 15 is 0 Å². The zero-order valence-corrected chi connectivity index (χ0v) is 17.7. The molecule has 0 atom stereocenters. The Balaban J connectivity index is 1.71. The second kappa shape index (κ2) is 9.19. The lowest BCUT2D eigenvalue weighted by atomic mass is 10.2. The van der Waals surface area contributed by atoms with Crippen LogP contribution in [0.3, 0.4) is 0 Å². The molecule has 1 aromatic heterocycles. The lowest BCUT2D eigenvalue weighted by Crippen LogP contribution is -2.23. The van der Waals surface area contributed by atoms with Crippen molar-refractivity contribution in [3.05, 3.63) is 88.7 Å². The number of hydrogen-bond donors (Lipinski definition) is 1. The van der Waals surface area contributed by atoms with Gasteiger partial charge in [-0.2, -0.15) is 0 Å². The second-order valence-electron chi connectivity index (χ2n) is 6.68. The quantitative estimate of drug-likeness (QED) is 0.346. The number of aromatic nitrogens is 2. The number of rotatable bonds is 6. The van der Waals surface area contributed by atoms with E-state index in [1.807, 2.05) is 0 Å². The Labute approximate surface area is 185 Å². The molecule has 162 valence electrons. The summed E-state index contributed by atoms with van der Waals surface area (Å²) in [6.07, 6.45) is 0. The van der Waals surface area contributed by atoms with Gasteiger partial charge in [-0.15, -0.1) is 0 Å². The van der Waals surface area contributed by atoms with Crippen molar-refractivity contribution in [3.63, 3.8) is 0 Å². The number of methoxy groups -OCH3 is 1. The van der Waals surface area contributed by atoms with Gasteiger partial charge >= 0.3 is 0 Å². The summed E-state index contributed by atoms with van der Waals surface area (Å²) in [7, 11) is 1.49. The third-order valence-corrected chi connectivity index (χ3v) is 5.54. The number of thioether (sulfide) groups is 1. The molecule has 3 aromatic carbocycles. The van der Waals surface area contributed by atoms with Gasteiger partial charge in [0.1, 0.15) is 17.4 Å². The van der Waals surface area contributed by atoms with Crippen molar-refractivity contribution < 1.29 is 18.3 Å². The number of nitrogens with zero attached hydrogens (tertiary/aromatic N) is 2. The monoisotopic (exact) mass is 453 g/mol. The fourth-order valence-electron chi connectivity index (χ4n) is 3.15. The third-order valence-electron chi connectivity index (χ3n) is 4.61. The van der Waals surface area contributed by atoms with E-state index in [1.54, 1.807) is 48.5 Å². The highest BCUT2D eigenvalue weighted by molar-refractivity contribution is 7.99. The molecule has 0 aliphatic rings. The smallest absolute Gasteiger partial charge is 0.266 e. The first-order valence-corrected chi connectivity index (χ1v) is 10.5. The zero-order chi connectivity index (χ0) is 22.7. The van der Waals surface area contributed by atoms with Crippen LogP contribution in [0.2, 0.25) is 0 Å². The van der Waals surface area contributed by atoms with Crippen LogP contribution in [-0.2, 0) is 4.79 Å². The summed E-state index contributed by atoms with van der Waals surface area (Å²) >= 11 is 0.996. The number of ether oxygens (including phenoxy) is 1. The van der Waals surface area contributed by atoms with Crippen LogP contribution in [0, 0.1) is 11.6 Å². The van der Waals surface area contributed by atoms with Gasteiger partial charge in [-0.3, -0.25) is 14.2 Å². The SMILES string of the molecule is COc1ccccc1-n1c(SCC(=O)Nc2cc(F)ccc2F)nc2ccccc2c1=O. The molecule has 0 radical (unpaired) electrons. The van der Waals surface area contributed by atoms with Crippen molar-refractivity contribution in [2.45, 2.75) is 5.16 Å². The van der Waals surface area contributed by atoms with E-state index in [-0.39, 0.29) is 22.2 Å². The Morgan fingerprint density at radius 3 is 2.66 bits per heavy atom. The van der Waals surface area contributed by atoms with Gasteiger partial charge in [-0.05, 0) is 36.4 Å². The molecule has 0 bridgehead atoms. The Kier molecular flexibility index (Phi) is 6.18. The van der Waals surface area contributed by atoms with Gasteiger partial charge in [0.05, 0.1) is 35.1 Å². The molecule has 0 fully saturated rings. The third kappa shape index (κ3) is 4.33. The largest absolute Gasteiger partial charge is 0.495 e. The highest BCUT2D eigenvalue weighted by Gasteiger charge is 2.18. The maximum atomic E-state index is 13.8. The Bertz CT molecular complexity index is 1370. The first-order chi connectivity index (χ1) is 15.5. The predicted octanol–water partition coefficient (Wildman–Crippen LogP) is 4.40. The van der Waals surface area contributed by atoms with Crippen LogP contribution in [0.15, 0.2) is 76.7 Å². The number of amides is 1. The summed E-state index contributed by atoms with van der Waals surface area (Å²) in [5.74, 6) is -1.72. The van der Waals surface area contributed by atoms with Gasteiger partial charge in [-0.1, -0.05) is 36.0 Å². The number of halogens is 2. The average molecular weight is 453 g/mol. The first kappa shape index (κ1) is 21.5. The number of carbonyl (C=O) groups is 1. The minimum Gasteiger partial charge on any atom is -0.495 e. The van der Waals surface area contributed by atoms with Crippen LogP contribution < -0.4 is 15.6 Å². The van der Waals surface area contributed by atoms with Crippen molar-refractivity contribution >= 4 is 34.3 Å². The van der Waals surface area contributed by atoms with E-state index in [1.165, 1.54) is 11.7 Å². The van der Waals surface area contributed by atoms with Gasteiger partial charge in [0.2, 0.25) is 5.91 Å². The van der Waals surface area contributed by atoms with E-state index in [0.29, 0.717) is 22.3 Å². The van der Waals surface area contributed by atoms with Gasteiger partial charge in [-0.25, -0.2) is 13.8 Å². The molecule has 9 heteroatoms. The standard InChI is InChI=1S/C23H17F2N3O3S/c1-31-20-9-5-4-8-19(20)28-22(30)15-6-2-3-7-17(15)27-23(28)32-13-21(29)26-18-12-14(24)10-11-16(18)25/h2-12H,13H2,1H3,(H,26,29). The fourth-order valence-corrected chi connectivity index (χ4v) is 3.95. The molecule has 0 spiro atoms. The molecule has 0 aliphatic carbocycles. The normalized spacial score (nSPS) is 10.8. The van der Waals surface area contributed by atoms with Crippen LogP contribution in [0.4, 0.5) is 14.5 Å². The zero-order valence-electron chi connectivity index (χ0n) is 16.8. The average Bonchev–Trinajstić information content (AvgIpc) is 2.80. The van der Waals surface area contributed by atoms with Crippen LogP contribution in [0.1, 0.15) is 0 Å². The molecular weight excluding hydrogens is 436 g/mol. The summed E-state index contributed by atoms with van der Waals surface area (Å²) < 4.78 is 34.0. The molecule has 1 amide bonds. The molecule has 6 nitrogen and oxygen atoms in total. The van der Waals surface area contributed by atoms with Crippen molar-refractivity contribution in [1.82, 2.24) is 9.55 Å². The van der Waals surface area contributed by atoms with Crippen molar-refractivity contribution in [3.8, 4) is 11.4 Å². The molecule has 4 rings (SSSR count). The number of fused-ring (bicyclic) bond motifs is 1. The van der Waals surface area contributed by atoms with Gasteiger partial charge in [0, 0.05) is 6.07 Å². The summed E-state index contributed by atoms with van der Waals surface area (Å²) in [5.41, 5.74) is 0.364. The lowest BCUT2D eigenvalue weighted by Gasteiger charge is -2.15. The highest BCUT2D eigenvalue weighted by atomic mass is 32.2. The molecule has 4 aromatic rings. The summed E-state index contributed by atoms with van der Waals surface area (Å²) in [6.45, 7) is 0. The minimum atomic E-state index is -0.750. The Morgan fingerprint density at radius 1 is 1.09 bits per heavy atom. The number of nitrogens with one attached hydrogen (secondary N) is 1. The Morgan fingerprint density at radius 2 is 1.84 bits per heavy atom. The number of para-hydroxylation sites is 3. The maximum Gasteiger partial charge on any atom is 0.266 e. The number of benzene rings is 3. The molecular formula is C23H17F2N3O3S. The van der Waals surface area contributed by atoms with E-state index in [0.717, 1.165) is 30.0 Å². The molecule has 32 heavy (non-hydrogen) atoms. The molecule has 0 unspecified atom stereocenters. The van der Waals surface area contributed by atoms with Gasteiger partial charge < -0.3 is 10.1 Å². The Hall–Kier alpha value is -3.72. The van der Waals surface area contributed by atoms with Crippen LogP contribution in [0.5, 0.6) is 5.75 Å². The molecule has 0 aliphatic heterocycles. The van der Waals surface area contributed by atoms with Crippen molar-refractivity contribution in [2.75, 3.05) is 18.2 Å². The first-order valence-electron chi connectivity index (χ1n) is 9.51. The van der Waals surface area contributed by atoms with E-state index in [4.69, 9.17) is 4.74 Å². The minimum absolute atomic E-state index is 0.185. The van der Waals surface area contributed by atoms with Gasteiger partial charge in [0.25, 0.3) is 5.56 Å². The van der Waals surface area contributed by atoms with E-state index in [9.17, 15) is 18.4 Å². The second-order valence-corrected chi connectivity index (χ2v) is 7.63. The summed E-state index contributed by atoms with van der Waals surface area (Å²) in [6, 6.07) is 16.6. The van der Waals surface area contributed by atoms with Crippen LogP contribution >= 0.6 is 11.8 Å². The molecule has 1 heterocycles. The number of hydrogen-bond acceptors (Lipinski definition) is 5. The van der Waals surface area contributed by atoms with Crippen LogP contribution in [-0.4, -0.2) is 28.3 Å². The van der Waals surface area contributed by atoms with Gasteiger partial charge in [0.15, 0.2) is 5.16 Å². The number of carbonyl (C=O) groups excluding carboxylic acids is 1. The summed E-state index contributed by atoms with van der Waals surface area (Å²) in [5, 5.41) is 3.01. The van der Waals surface area contributed by atoms with E-state index in [2.05, 4.69) is 10.3 Å². The van der Waals surface area contributed by atoms with E-state index < -0.39 is 17.5 Å². The predicted molar refractivity (Wildman–Crippen MR) is 120 cm³/mol. The fraction of sp³-hybridized carbons (Fsp3) is 0.0870. The van der Waals surface area contributed by atoms with Crippen molar-refractivity contribution in [2.24, 2.45) is 0 Å². The molecule has 1 N–H and O–H groups in total. The highest BCUT2D eigenvalue weighted by Crippen LogP contribution is 2.27. The maximum absolute atomic E-state index is 13.8. The lowest BCUT2D eigenvalue weighted by molar-refractivity contribution is -0.113. The summed E-state index contributed by atoms with van der Waals surface area (Å²) in [4.78, 5) is 30.3. The molecule has 0 saturated heterocycles. The van der Waals surface area contributed by atoms with Crippen LogP contribution in [0.25, 0.3) is 16.6 Å². The number of anilines is 1.